The molecular weight excluding hydrogens is 244 g/mol. The predicted octanol–water partition coefficient (Wildman–Crippen LogP) is 0.492. The monoisotopic (exact) mass is 262 g/mol. The van der Waals surface area contributed by atoms with Crippen molar-refractivity contribution >= 4 is 5.82 Å². The standard InChI is InChI=1S/C12H18N6O/c1-3-4-17-5-6-18(12(17)19)8-11-14-9(2)7-10(15-11)16-13/h5-7H,3-4,8,13H2,1-2H3,(H,14,15,16). The van der Waals surface area contributed by atoms with Crippen LogP contribution in [0.25, 0.3) is 0 Å². The number of hydrazine groups is 1. The molecule has 0 saturated heterocycles. The number of aryl methyl sites for hydroxylation is 2. The molecule has 0 aromatic carbocycles. The van der Waals surface area contributed by atoms with E-state index >= 15 is 0 Å². The van der Waals surface area contributed by atoms with Crippen LogP contribution in [0.4, 0.5) is 5.82 Å². The summed E-state index contributed by atoms with van der Waals surface area (Å²) >= 11 is 0. The van der Waals surface area contributed by atoms with Gasteiger partial charge in [0.25, 0.3) is 0 Å². The lowest BCUT2D eigenvalue weighted by molar-refractivity contribution is 0.616. The quantitative estimate of drug-likeness (QED) is 0.604. The first kappa shape index (κ1) is 13.3. The second kappa shape index (κ2) is 5.66. The van der Waals surface area contributed by atoms with Crippen LogP contribution in [0.15, 0.2) is 23.3 Å². The second-order valence-corrected chi connectivity index (χ2v) is 4.36. The Morgan fingerprint density at radius 1 is 1.32 bits per heavy atom. The van der Waals surface area contributed by atoms with E-state index in [-0.39, 0.29) is 5.69 Å². The molecule has 7 heteroatoms. The summed E-state index contributed by atoms with van der Waals surface area (Å²) < 4.78 is 3.27. The largest absolute Gasteiger partial charge is 0.328 e. The topological polar surface area (TPSA) is 90.8 Å². The van der Waals surface area contributed by atoms with Crippen molar-refractivity contribution in [3.05, 3.63) is 40.5 Å². The van der Waals surface area contributed by atoms with Crippen LogP contribution in [0.3, 0.4) is 0 Å². The Balaban J connectivity index is 2.26. The SMILES string of the molecule is CCCn1ccn(Cc2nc(C)cc(NN)n2)c1=O. The van der Waals surface area contributed by atoms with Crippen molar-refractivity contribution in [3.63, 3.8) is 0 Å². The molecule has 2 rings (SSSR count). The van der Waals surface area contributed by atoms with Gasteiger partial charge in [-0.15, -0.1) is 0 Å². The smallest absolute Gasteiger partial charge is 0.308 e. The Kier molecular flexibility index (Phi) is 3.96. The van der Waals surface area contributed by atoms with Crippen LogP contribution in [0.2, 0.25) is 0 Å². The maximum absolute atomic E-state index is 12.0. The molecule has 0 aliphatic heterocycles. The zero-order valence-electron chi connectivity index (χ0n) is 11.1. The lowest BCUT2D eigenvalue weighted by atomic mass is 10.4. The molecule has 2 aromatic heterocycles. The van der Waals surface area contributed by atoms with E-state index < -0.39 is 0 Å². The van der Waals surface area contributed by atoms with Gasteiger partial charge in [-0.1, -0.05) is 6.92 Å². The van der Waals surface area contributed by atoms with Gasteiger partial charge < -0.3 is 5.43 Å². The number of nitrogens with one attached hydrogen (secondary N) is 1. The summed E-state index contributed by atoms with van der Waals surface area (Å²) in [6.07, 6.45) is 4.45. The number of hydrogen-bond acceptors (Lipinski definition) is 5. The normalized spacial score (nSPS) is 10.7. The zero-order valence-corrected chi connectivity index (χ0v) is 11.1. The molecule has 0 spiro atoms. The van der Waals surface area contributed by atoms with E-state index in [2.05, 4.69) is 15.4 Å². The molecular formula is C12H18N6O. The number of nitrogens with zero attached hydrogens (tertiary/aromatic N) is 4. The van der Waals surface area contributed by atoms with E-state index in [1.54, 1.807) is 27.6 Å². The highest BCUT2D eigenvalue weighted by atomic mass is 16.1. The van der Waals surface area contributed by atoms with E-state index in [1.807, 2.05) is 13.8 Å². The third kappa shape index (κ3) is 3.00. The van der Waals surface area contributed by atoms with Gasteiger partial charge in [0.1, 0.15) is 5.82 Å². The minimum Gasteiger partial charge on any atom is -0.308 e. The Morgan fingerprint density at radius 2 is 2.05 bits per heavy atom. The first-order valence-electron chi connectivity index (χ1n) is 6.20. The van der Waals surface area contributed by atoms with E-state index in [1.165, 1.54) is 0 Å². The van der Waals surface area contributed by atoms with Gasteiger partial charge in [0, 0.05) is 30.7 Å². The summed E-state index contributed by atoms with van der Waals surface area (Å²) in [5.74, 6) is 6.45. The highest BCUT2D eigenvalue weighted by Crippen LogP contribution is 2.05. The molecule has 2 aromatic rings. The van der Waals surface area contributed by atoms with E-state index in [0.717, 1.165) is 18.7 Å². The third-order valence-electron chi connectivity index (χ3n) is 2.74. The molecule has 102 valence electrons. The number of aromatic nitrogens is 4. The highest BCUT2D eigenvalue weighted by Gasteiger charge is 2.06. The summed E-state index contributed by atoms with van der Waals surface area (Å²) in [5.41, 5.74) is 3.25. The number of rotatable bonds is 5. The summed E-state index contributed by atoms with van der Waals surface area (Å²) in [7, 11) is 0. The van der Waals surface area contributed by atoms with Crippen molar-refractivity contribution in [2.75, 3.05) is 5.43 Å². The van der Waals surface area contributed by atoms with Crippen molar-refractivity contribution in [1.82, 2.24) is 19.1 Å². The lowest BCUT2D eigenvalue weighted by Crippen LogP contribution is -2.25. The van der Waals surface area contributed by atoms with Crippen LogP contribution >= 0.6 is 0 Å². The van der Waals surface area contributed by atoms with Crippen molar-refractivity contribution in [3.8, 4) is 0 Å². The molecule has 0 atom stereocenters. The molecule has 0 radical (unpaired) electrons. The van der Waals surface area contributed by atoms with Crippen molar-refractivity contribution in [2.24, 2.45) is 5.84 Å². The van der Waals surface area contributed by atoms with Crippen LogP contribution in [-0.2, 0) is 13.1 Å². The highest BCUT2D eigenvalue weighted by molar-refractivity contribution is 5.33. The van der Waals surface area contributed by atoms with Crippen molar-refractivity contribution in [1.29, 1.82) is 0 Å². The number of nitrogens with two attached hydrogens (primary N) is 1. The van der Waals surface area contributed by atoms with E-state index in [4.69, 9.17) is 5.84 Å². The summed E-state index contributed by atoms with van der Waals surface area (Å²) in [6.45, 7) is 4.95. The van der Waals surface area contributed by atoms with Gasteiger partial charge in [-0.25, -0.2) is 20.6 Å². The second-order valence-electron chi connectivity index (χ2n) is 4.36. The van der Waals surface area contributed by atoms with Crippen LogP contribution in [0, 0.1) is 6.92 Å². The Morgan fingerprint density at radius 3 is 2.74 bits per heavy atom. The molecule has 0 bridgehead atoms. The van der Waals surface area contributed by atoms with Crippen LogP contribution in [0.5, 0.6) is 0 Å². The van der Waals surface area contributed by atoms with E-state index in [9.17, 15) is 4.79 Å². The molecule has 3 N–H and O–H groups in total. The molecule has 2 heterocycles. The molecule has 0 aliphatic carbocycles. The Labute approximate surface area is 111 Å². The fourth-order valence-corrected chi connectivity index (χ4v) is 1.91. The van der Waals surface area contributed by atoms with Crippen molar-refractivity contribution < 1.29 is 0 Å². The molecule has 0 saturated carbocycles. The van der Waals surface area contributed by atoms with Crippen LogP contribution in [0.1, 0.15) is 24.9 Å². The average molecular weight is 262 g/mol. The molecule has 0 fully saturated rings. The van der Waals surface area contributed by atoms with Gasteiger partial charge in [0.2, 0.25) is 0 Å². The Hall–Kier alpha value is -2.15. The van der Waals surface area contributed by atoms with Gasteiger partial charge >= 0.3 is 5.69 Å². The van der Waals surface area contributed by atoms with Gasteiger partial charge in [-0.05, 0) is 13.3 Å². The van der Waals surface area contributed by atoms with Crippen LogP contribution < -0.4 is 17.0 Å². The fraction of sp³-hybridized carbons (Fsp3) is 0.417. The number of hydrogen-bond donors (Lipinski definition) is 2. The molecule has 7 nitrogen and oxygen atoms in total. The molecule has 19 heavy (non-hydrogen) atoms. The third-order valence-corrected chi connectivity index (χ3v) is 2.74. The Bertz CT molecular complexity index is 615. The summed E-state index contributed by atoms with van der Waals surface area (Å²) in [5, 5.41) is 0. The first-order valence-corrected chi connectivity index (χ1v) is 6.20. The zero-order chi connectivity index (χ0) is 13.8. The molecule has 0 amide bonds. The average Bonchev–Trinajstić information content (AvgIpc) is 2.71. The van der Waals surface area contributed by atoms with E-state index in [0.29, 0.717) is 18.2 Å². The minimum atomic E-state index is -0.0470. The van der Waals surface area contributed by atoms with Gasteiger partial charge in [-0.3, -0.25) is 9.13 Å². The number of nitrogen functional groups attached to an aromatic ring is 1. The predicted molar refractivity (Wildman–Crippen MR) is 72.7 cm³/mol. The lowest BCUT2D eigenvalue weighted by Gasteiger charge is -2.05. The summed E-state index contributed by atoms with van der Waals surface area (Å²) in [6, 6.07) is 1.74. The van der Waals surface area contributed by atoms with Gasteiger partial charge in [-0.2, -0.15) is 0 Å². The van der Waals surface area contributed by atoms with Gasteiger partial charge in [0.15, 0.2) is 5.82 Å². The van der Waals surface area contributed by atoms with Crippen molar-refractivity contribution in [2.45, 2.75) is 33.4 Å². The minimum absolute atomic E-state index is 0.0470. The number of imidazole rings is 1. The number of anilines is 1. The van der Waals surface area contributed by atoms with Gasteiger partial charge in [0.05, 0.1) is 6.54 Å². The maximum Gasteiger partial charge on any atom is 0.328 e. The summed E-state index contributed by atoms with van der Waals surface area (Å²) in [4.78, 5) is 20.6. The molecule has 0 unspecified atom stereocenters. The maximum atomic E-state index is 12.0. The van der Waals surface area contributed by atoms with Crippen LogP contribution in [-0.4, -0.2) is 19.1 Å². The fourth-order valence-electron chi connectivity index (χ4n) is 1.91. The first-order chi connectivity index (χ1) is 9.13. The molecule has 0 aliphatic rings.